The minimum absolute atomic E-state index is 0.136. The van der Waals surface area contributed by atoms with E-state index in [1.54, 1.807) is 0 Å². The first-order chi connectivity index (χ1) is 11.6. The number of allylic oxidation sites excluding steroid dienone is 1. The van der Waals surface area contributed by atoms with Gasteiger partial charge in [0.25, 0.3) is 0 Å². The molecule has 1 aliphatic rings. The summed E-state index contributed by atoms with van der Waals surface area (Å²) in [5.41, 5.74) is 12.2. The quantitative estimate of drug-likeness (QED) is 0.800. The molecule has 1 aliphatic heterocycles. The van der Waals surface area contributed by atoms with Gasteiger partial charge in [-0.25, -0.2) is 0 Å². The fraction of sp³-hybridized carbons (Fsp3) is 0.263. The smallest absolute Gasteiger partial charge is 0.0623 e. The molecule has 0 fully saturated rings. The zero-order valence-corrected chi connectivity index (χ0v) is 14.5. The van der Waals surface area contributed by atoms with E-state index in [9.17, 15) is 5.11 Å². The van der Waals surface area contributed by atoms with E-state index in [4.69, 9.17) is 17.3 Å². The minimum Gasteiger partial charge on any atom is -0.401 e. The molecule has 0 atom stereocenters. The monoisotopic (exact) mass is 343 g/mol. The van der Waals surface area contributed by atoms with Crippen LogP contribution in [0.25, 0.3) is 5.70 Å². The van der Waals surface area contributed by atoms with Crippen LogP contribution in [0.2, 0.25) is 5.02 Å². The topological polar surface area (TPSA) is 61.5 Å². The van der Waals surface area contributed by atoms with Crippen LogP contribution in [0.1, 0.15) is 18.1 Å². The van der Waals surface area contributed by atoms with Crippen molar-refractivity contribution >= 4 is 28.7 Å². The molecule has 0 spiro atoms. The molecule has 4 nitrogen and oxygen atoms in total. The van der Waals surface area contributed by atoms with Gasteiger partial charge in [-0.05, 0) is 49.2 Å². The standard InChI is InChI=1S/C19H22ClN3O/c1-13(21)19-17-7-2-14(8-11-24)12-18(17)23(10-9-22-19)16-5-3-15(20)4-6-16/h2-7,12,22,24H,8-11,21H2,1H3/b19-13-. The third kappa shape index (κ3) is 3.35. The summed E-state index contributed by atoms with van der Waals surface area (Å²) in [6.07, 6.45) is 0.635. The van der Waals surface area contributed by atoms with Crippen LogP contribution >= 0.6 is 11.6 Å². The van der Waals surface area contributed by atoms with Crippen molar-refractivity contribution in [3.8, 4) is 0 Å². The lowest BCUT2D eigenvalue weighted by atomic mass is 10.0. The second-order valence-corrected chi connectivity index (χ2v) is 6.37. The van der Waals surface area contributed by atoms with Crippen LogP contribution in [0.5, 0.6) is 0 Å². The summed E-state index contributed by atoms with van der Waals surface area (Å²) in [5, 5.41) is 13.4. The second kappa shape index (κ2) is 7.16. The summed E-state index contributed by atoms with van der Waals surface area (Å²) >= 11 is 6.03. The Morgan fingerprint density at radius 2 is 2.00 bits per heavy atom. The van der Waals surface area contributed by atoms with E-state index in [1.807, 2.05) is 37.3 Å². The summed E-state index contributed by atoms with van der Waals surface area (Å²) in [6, 6.07) is 14.1. The molecule has 0 saturated carbocycles. The highest BCUT2D eigenvalue weighted by Gasteiger charge is 2.21. The van der Waals surface area contributed by atoms with Gasteiger partial charge in [0.1, 0.15) is 0 Å². The van der Waals surface area contributed by atoms with E-state index < -0.39 is 0 Å². The molecule has 5 heteroatoms. The number of hydrogen-bond acceptors (Lipinski definition) is 4. The van der Waals surface area contributed by atoms with Crippen LogP contribution in [0.15, 0.2) is 48.2 Å². The van der Waals surface area contributed by atoms with Crippen molar-refractivity contribution < 1.29 is 5.11 Å². The van der Waals surface area contributed by atoms with E-state index in [0.717, 1.165) is 52.0 Å². The Balaban J connectivity index is 2.14. The van der Waals surface area contributed by atoms with Gasteiger partial charge in [0.2, 0.25) is 0 Å². The molecular weight excluding hydrogens is 322 g/mol. The maximum Gasteiger partial charge on any atom is 0.0623 e. The van der Waals surface area contributed by atoms with Gasteiger partial charge in [0.15, 0.2) is 0 Å². The largest absolute Gasteiger partial charge is 0.401 e. The normalized spacial score (nSPS) is 16.2. The van der Waals surface area contributed by atoms with Crippen molar-refractivity contribution in [2.75, 3.05) is 24.6 Å². The van der Waals surface area contributed by atoms with E-state index in [1.165, 1.54) is 0 Å². The molecule has 2 aromatic carbocycles. The maximum atomic E-state index is 9.26. The fourth-order valence-corrected chi connectivity index (χ4v) is 3.17. The number of aliphatic hydroxyl groups excluding tert-OH is 1. The number of nitrogens with zero attached hydrogens (tertiary/aromatic N) is 1. The average molecular weight is 344 g/mol. The van der Waals surface area contributed by atoms with Gasteiger partial charge in [0, 0.05) is 41.7 Å². The van der Waals surface area contributed by atoms with Gasteiger partial charge >= 0.3 is 0 Å². The van der Waals surface area contributed by atoms with Crippen molar-refractivity contribution in [3.05, 3.63) is 64.3 Å². The molecule has 0 unspecified atom stereocenters. The number of benzene rings is 2. The van der Waals surface area contributed by atoms with Crippen LogP contribution in [-0.4, -0.2) is 24.8 Å². The Kier molecular flexibility index (Phi) is 4.97. The molecule has 2 aromatic rings. The third-order valence-electron chi connectivity index (χ3n) is 4.19. The molecule has 0 amide bonds. The van der Waals surface area contributed by atoms with Gasteiger partial charge in [-0.15, -0.1) is 0 Å². The lowest BCUT2D eigenvalue weighted by Crippen LogP contribution is -2.24. The Hall–Kier alpha value is -2.17. The molecule has 3 rings (SSSR count). The predicted molar refractivity (Wildman–Crippen MR) is 100 cm³/mol. The summed E-state index contributed by atoms with van der Waals surface area (Å²) in [6.45, 7) is 3.65. The first-order valence-electron chi connectivity index (χ1n) is 8.07. The Morgan fingerprint density at radius 1 is 1.25 bits per heavy atom. The van der Waals surface area contributed by atoms with Gasteiger partial charge in [-0.1, -0.05) is 23.7 Å². The molecule has 0 saturated heterocycles. The minimum atomic E-state index is 0.136. The van der Waals surface area contributed by atoms with Crippen molar-refractivity contribution in [3.63, 3.8) is 0 Å². The molecule has 1 heterocycles. The Labute approximate surface area is 147 Å². The van der Waals surface area contributed by atoms with Crippen LogP contribution in [-0.2, 0) is 6.42 Å². The average Bonchev–Trinajstić information content (AvgIpc) is 2.75. The van der Waals surface area contributed by atoms with Crippen LogP contribution < -0.4 is 16.0 Å². The lowest BCUT2D eigenvalue weighted by Gasteiger charge is -2.25. The van der Waals surface area contributed by atoms with E-state index in [0.29, 0.717) is 6.42 Å². The number of nitrogens with one attached hydrogen (secondary N) is 1. The fourth-order valence-electron chi connectivity index (χ4n) is 3.05. The van der Waals surface area contributed by atoms with E-state index in [2.05, 4.69) is 22.3 Å². The van der Waals surface area contributed by atoms with Gasteiger partial charge in [-0.3, -0.25) is 0 Å². The molecule has 126 valence electrons. The number of hydrogen-bond donors (Lipinski definition) is 3. The van der Waals surface area contributed by atoms with E-state index in [-0.39, 0.29) is 6.61 Å². The summed E-state index contributed by atoms with van der Waals surface area (Å²) in [4.78, 5) is 2.26. The van der Waals surface area contributed by atoms with Crippen LogP contribution in [0.3, 0.4) is 0 Å². The van der Waals surface area contributed by atoms with Crippen molar-refractivity contribution in [1.82, 2.24) is 5.32 Å². The SMILES string of the molecule is C/C(N)=C1/NCCN(c2ccc(Cl)cc2)c2cc(CCO)ccc21. The molecular formula is C19H22ClN3O. The highest BCUT2D eigenvalue weighted by Crippen LogP contribution is 2.35. The maximum absolute atomic E-state index is 9.26. The highest BCUT2D eigenvalue weighted by atomic mass is 35.5. The van der Waals surface area contributed by atoms with Crippen LogP contribution in [0, 0.1) is 0 Å². The predicted octanol–water partition coefficient (Wildman–Crippen LogP) is 3.26. The zero-order valence-electron chi connectivity index (χ0n) is 13.7. The number of halogens is 1. The first-order valence-corrected chi connectivity index (χ1v) is 8.45. The molecule has 0 bridgehead atoms. The second-order valence-electron chi connectivity index (χ2n) is 5.94. The number of nitrogens with two attached hydrogens (primary N) is 1. The molecule has 4 N–H and O–H groups in total. The number of fused-ring (bicyclic) bond motifs is 1. The Morgan fingerprint density at radius 3 is 2.67 bits per heavy atom. The number of aliphatic hydroxyl groups is 1. The summed E-state index contributed by atoms with van der Waals surface area (Å²) < 4.78 is 0. The molecule has 24 heavy (non-hydrogen) atoms. The summed E-state index contributed by atoms with van der Waals surface area (Å²) in [5.74, 6) is 0. The Bertz CT molecular complexity index is 752. The first kappa shape index (κ1) is 16.7. The van der Waals surface area contributed by atoms with Gasteiger partial charge < -0.3 is 21.1 Å². The van der Waals surface area contributed by atoms with Crippen LogP contribution in [0.4, 0.5) is 11.4 Å². The third-order valence-corrected chi connectivity index (χ3v) is 4.44. The highest BCUT2D eigenvalue weighted by molar-refractivity contribution is 6.30. The van der Waals surface area contributed by atoms with Gasteiger partial charge in [0.05, 0.1) is 11.4 Å². The number of rotatable bonds is 3. The molecule has 0 radical (unpaired) electrons. The van der Waals surface area contributed by atoms with Crippen molar-refractivity contribution in [1.29, 1.82) is 0 Å². The van der Waals surface area contributed by atoms with E-state index >= 15 is 0 Å². The van der Waals surface area contributed by atoms with Crippen molar-refractivity contribution in [2.45, 2.75) is 13.3 Å². The molecule has 0 aliphatic carbocycles. The summed E-state index contributed by atoms with van der Waals surface area (Å²) in [7, 11) is 0. The van der Waals surface area contributed by atoms with Gasteiger partial charge in [-0.2, -0.15) is 0 Å². The van der Waals surface area contributed by atoms with Crippen molar-refractivity contribution in [2.24, 2.45) is 5.73 Å². The zero-order chi connectivity index (χ0) is 17.1. The number of anilines is 2. The lowest BCUT2D eigenvalue weighted by molar-refractivity contribution is 0.299. The molecule has 0 aromatic heterocycles.